The summed E-state index contributed by atoms with van der Waals surface area (Å²) in [5.41, 5.74) is 0.260. The standard InChI is InChI=1S/C15H32N2/c1-7-12(2)13(3)17-9-8-14(11-17)10-16-15(4,5)6/h12-14,16H,7-11H2,1-6H3. The lowest BCUT2D eigenvalue weighted by Crippen LogP contribution is -2.41. The number of nitrogens with one attached hydrogen (secondary N) is 1. The number of hydrogen-bond acceptors (Lipinski definition) is 2. The fourth-order valence-electron chi connectivity index (χ4n) is 2.55. The largest absolute Gasteiger partial charge is 0.312 e. The Hall–Kier alpha value is -0.0800. The summed E-state index contributed by atoms with van der Waals surface area (Å²) in [7, 11) is 0. The van der Waals surface area contributed by atoms with Crippen molar-refractivity contribution in [3.8, 4) is 0 Å². The first-order valence-electron chi connectivity index (χ1n) is 7.32. The minimum absolute atomic E-state index is 0.260. The van der Waals surface area contributed by atoms with Gasteiger partial charge in [-0.1, -0.05) is 20.3 Å². The van der Waals surface area contributed by atoms with Crippen molar-refractivity contribution in [1.82, 2.24) is 10.2 Å². The molecule has 0 aromatic carbocycles. The third kappa shape index (κ3) is 4.97. The molecule has 17 heavy (non-hydrogen) atoms. The maximum Gasteiger partial charge on any atom is 0.00966 e. The van der Waals surface area contributed by atoms with Crippen molar-refractivity contribution in [2.75, 3.05) is 19.6 Å². The number of likely N-dealkylation sites (tertiary alicyclic amines) is 1. The molecule has 102 valence electrons. The Bertz CT molecular complexity index is 219. The molecule has 0 aliphatic carbocycles. The van der Waals surface area contributed by atoms with Crippen molar-refractivity contribution < 1.29 is 0 Å². The van der Waals surface area contributed by atoms with Crippen molar-refractivity contribution >= 4 is 0 Å². The molecule has 0 spiro atoms. The maximum absolute atomic E-state index is 3.64. The normalized spacial score (nSPS) is 26.1. The van der Waals surface area contributed by atoms with Gasteiger partial charge < -0.3 is 10.2 Å². The predicted molar refractivity (Wildman–Crippen MR) is 76.4 cm³/mol. The summed E-state index contributed by atoms with van der Waals surface area (Å²) in [5.74, 6) is 1.67. The molecule has 1 N–H and O–H groups in total. The van der Waals surface area contributed by atoms with Gasteiger partial charge in [-0.05, 0) is 59.0 Å². The van der Waals surface area contributed by atoms with Crippen LogP contribution in [0.2, 0.25) is 0 Å². The summed E-state index contributed by atoms with van der Waals surface area (Å²) in [6.07, 6.45) is 2.66. The molecule has 0 radical (unpaired) electrons. The Balaban J connectivity index is 2.32. The van der Waals surface area contributed by atoms with Gasteiger partial charge in [-0.15, -0.1) is 0 Å². The van der Waals surface area contributed by atoms with E-state index in [9.17, 15) is 0 Å². The number of rotatable bonds is 5. The van der Waals surface area contributed by atoms with Crippen LogP contribution >= 0.6 is 0 Å². The summed E-state index contributed by atoms with van der Waals surface area (Å²) >= 11 is 0. The zero-order chi connectivity index (χ0) is 13.1. The average molecular weight is 240 g/mol. The van der Waals surface area contributed by atoms with Gasteiger partial charge in [0.15, 0.2) is 0 Å². The lowest BCUT2D eigenvalue weighted by Gasteiger charge is -2.29. The lowest BCUT2D eigenvalue weighted by atomic mass is 9.99. The molecule has 1 rings (SSSR count). The van der Waals surface area contributed by atoms with E-state index in [-0.39, 0.29) is 5.54 Å². The molecule has 1 aliphatic heterocycles. The molecular weight excluding hydrogens is 208 g/mol. The van der Waals surface area contributed by atoms with E-state index in [1.165, 1.54) is 32.5 Å². The number of nitrogens with zero attached hydrogens (tertiary/aromatic N) is 1. The first-order valence-corrected chi connectivity index (χ1v) is 7.32. The second kappa shape index (κ2) is 6.19. The molecule has 0 amide bonds. The quantitative estimate of drug-likeness (QED) is 0.794. The van der Waals surface area contributed by atoms with E-state index in [0.717, 1.165) is 17.9 Å². The van der Waals surface area contributed by atoms with Crippen molar-refractivity contribution in [1.29, 1.82) is 0 Å². The minimum atomic E-state index is 0.260. The van der Waals surface area contributed by atoms with E-state index in [1.54, 1.807) is 0 Å². The Morgan fingerprint density at radius 1 is 1.29 bits per heavy atom. The Morgan fingerprint density at radius 3 is 2.47 bits per heavy atom. The summed E-state index contributed by atoms with van der Waals surface area (Å²) in [5, 5.41) is 3.64. The van der Waals surface area contributed by atoms with Crippen molar-refractivity contribution in [2.24, 2.45) is 11.8 Å². The predicted octanol–water partition coefficient (Wildman–Crippen LogP) is 3.13. The minimum Gasteiger partial charge on any atom is -0.312 e. The fraction of sp³-hybridized carbons (Fsp3) is 1.00. The highest BCUT2D eigenvalue weighted by Gasteiger charge is 2.28. The monoisotopic (exact) mass is 240 g/mol. The Morgan fingerprint density at radius 2 is 1.94 bits per heavy atom. The molecule has 1 saturated heterocycles. The smallest absolute Gasteiger partial charge is 0.00966 e. The van der Waals surface area contributed by atoms with Crippen LogP contribution in [0.4, 0.5) is 0 Å². The van der Waals surface area contributed by atoms with Crippen molar-refractivity contribution in [3.05, 3.63) is 0 Å². The van der Waals surface area contributed by atoms with E-state index in [2.05, 4.69) is 51.8 Å². The van der Waals surface area contributed by atoms with Crippen LogP contribution in [0.15, 0.2) is 0 Å². The van der Waals surface area contributed by atoms with Gasteiger partial charge in [0, 0.05) is 18.1 Å². The average Bonchev–Trinajstić information content (AvgIpc) is 2.72. The molecule has 3 atom stereocenters. The highest BCUT2D eigenvalue weighted by atomic mass is 15.2. The summed E-state index contributed by atoms with van der Waals surface area (Å²) < 4.78 is 0. The van der Waals surface area contributed by atoms with Crippen LogP contribution in [0.1, 0.15) is 54.4 Å². The molecule has 0 bridgehead atoms. The fourth-order valence-corrected chi connectivity index (χ4v) is 2.55. The third-order valence-electron chi connectivity index (χ3n) is 4.28. The van der Waals surface area contributed by atoms with Gasteiger partial charge in [-0.2, -0.15) is 0 Å². The molecular formula is C15H32N2. The molecule has 2 heteroatoms. The van der Waals surface area contributed by atoms with Crippen LogP contribution < -0.4 is 5.32 Å². The molecule has 0 saturated carbocycles. The van der Waals surface area contributed by atoms with Gasteiger partial charge in [-0.25, -0.2) is 0 Å². The van der Waals surface area contributed by atoms with Gasteiger partial charge in [0.1, 0.15) is 0 Å². The van der Waals surface area contributed by atoms with Crippen molar-refractivity contribution in [2.45, 2.75) is 66.0 Å². The third-order valence-corrected chi connectivity index (χ3v) is 4.28. The molecule has 1 heterocycles. The summed E-state index contributed by atoms with van der Waals surface area (Å²) in [4.78, 5) is 2.68. The van der Waals surface area contributed by atoms with Crippen LogP contribution in [-0.2, 0) is 0 Å². The summed E-state index contributed by atoms with van der Waals surface area (Å²) in [6, 6.07) is 0.750. The van der Waals surface area contributed by atoms with Gasteiger partial charge >= 0.3 is 0 Å². The van der Waals surface area contributed by atoms with Crippen LogP contribution in [0.25, 0.3) is 0 Å². The molecule has 0 aromatic rings. The topological polar surface area (TPSA) is 15.3 Å². The molecule has 3 unspecified atom stereocenters. The van der Waals surface area contributed by atoms with Gasteiger partial charge in [-0.3, -0.25) is 0 Å². The van der Waals surface area contributed by atoms with Crippen LogP contribution in [0.5, 0.6) is 0 Å². The van der Waals surface area contributed by atoms with Crippen LogP contribution in [0, 0.1) is 11.8 Å². The molecule has 1 fully saturated rings. The van der Waals surface area contributed by atoms with Gasteiger partial charge in [0.2, 0.25) is 0 Å². The Labute approximate surface area is 108 Å². The molecule has 2 nitrogen and oxygen atoms in total. The van der Waals surface area contributed by atoms with E-state index >= 15 is 0 Å². The van der Waals surface area contributed by atoms with Gasteiger partial charge in [0.25, 0.3) is 0 Å². The van der Waals surface area contributed by atoms with Crippen molar-refractivity contribution in [3.63, 3.8) is 0 Å². The maximum atomic E-state index is 3.64. The zero-order valence-electron chi connectivity index (χ0n) is 12.7. The van der Waals surface area contributed by atoms with Crippen LogP contribution in [0.3, 0.4) is 0 Å². The van der Waals surface area contributed by atoms with E-state index < -0.39 is 0 Å². The SMILES string of the molecule is CCC(C)C(C)N1CCC(CNC(C)(C)C)C1. The van der Waals surface area contributed by atoms with Crippen LogP contribution in [-0.4, -0.2) is 36.1 Å². The van der Waals surface area contributed by atoms with E-state index in [1.807, 2.05) is 0 Å². The highest BCUT2D eigenvalue weighted by Crippen LogP contribution is 2.23. The highest BCUT2D eigenvalue weighted by molar-refractivity contribution is 4.84. The first kappa shape index (κ1) is 15.0. The van der Waals surface area contributed by atoms with E-state index in [4.69, 9.17) is 0 Å². The molecule has 1 aliphatic rings. The summed E-state index contributed by atoms with van der Waals surface area (Å²) in [6.45, 7) is 17.6. The van der Waals surface area contributed by atoms with E-state index in [0.29, 0.717) is 0 Å². The Kier molecular flexibility index (Phi) is 5.46. The molecule has 0 aromatic heterocycles. The van der Waals surface area contributed by atoms with Gasteiger partial charge in [0.05, 0.1) is 0 Å². The number of hydrogen-bond donors (Lipinski definition) is 1. The lowest BCUT2D eigenvalue weighted by molar-refractivity contribution is 0.187. The second-order valence-electron chi connectivity index (χ2n) is 6.91. The second-order valence-corrected chi connectivity index (χ2v) is 6.91. The zero-order valence-corrected chi connectivity index (χ0v) is 12.7. The first-order chi connectivity index (χ1) is 7.83.